The first kappa shape index (κ1) is 8.00. The van der Waals surface area contributed by atoms with Gasteiger partial charge in [-0.3, -0.25) is 0 Å². The molecule has 0 aliphatic heterocycles. The van der Waals surface area contributed by atoms with Crippen LogP contribution in [0.2, 0.25) is 0 Å². The maximum Gasteiger partial charge on any atom is -0.0420 e. The van der Waals surface area contributed by atoms with Crippen molar-refractivity contribution in [3.05, 3.63) is 6.92 Å². The van der Waals surface area contributed by atoms with E-state index in [0.29, 0.717) is 0 Å². The zero-order valence-corrected chi connectivity index (χ0v) is 6.28. The van der Waals surface area contributed by atoms with Crippen LogP contribution >= 0.6 is 0 Å². The third kappa shape index (κ3) is 3.06. The molecule has 0 fully saturated rings. The van der Waals surface area contributed by atoms with Gasteiger partial charge >= 0.3 is 0 Å². The summed E-state index contributed by atoms with van der Waals surface area (Å²) in [6.07, 6.45) is 2.36. The van der Waals surface area contributed by atoms with Crippen molar-refractivity contribution in [1.82, 2.24) is 0 Å². The van der Waals surface area contributed by atoms with Gasteiger partial charge in [-0.15, -0.1) is 0 Å². The Hall–Kier alpha value is 0. The highest BCUT2D eigenvalue weighted by molar-refractivity contribution is 4.56. The number of hydrogen-bond acceptors (Lipinski definition) is 0. The Labute approximate surface area is 53.3 Å². The highest BCUT2D eigenvalue weighted by Crippen LogP contribution is 2.14. The summed E-state index contributed by atoms with van der Waals surface area (Å²) in [5.74, 6) is 1.68. The van der Waals surface area contributed by atoms with E-state index in [2.05, 4.69) is 27.7 Å². The summed E-state index contributed by atoms with van der Waals surface area (Å²) in [6, 6.07) is 0. The molecule has 0 aliphatic carbocycles. The second-order valence-electron chi connectivity index (χ2n) is 2.86. The standard InChI is InChI=1S/C8H17/c1-5-6-8(4)7(2)3/h7-8H,1,5-6H2,2-4H3. The topological polar surface area (TPSA) is 0 Å². The summed E-state index contributed by atoms with van der Waals surface area (Å²) in [6.45, 7) is 10.6. The molecule has 0 saturated heterocycles. The van der Waals surface area contributed by atoms with Crippen molar-refractivity contribution >= 4 is 0 Å². The quantitative estimate of drug-likeness (QED) is 0.528. The summed E-state index contributed by atoms with van der Waals surface area (Å²) in [5.41, 5.74) is 0. The molecule has 1 atom stereocenters. The molecule has 0 aromatic heterocycles. The average Bonchev–Trinajstić information content (AvgIpc) is 1.67. The second-order valence-corrected chi connectivity index (χ2v) is 2.86. The zero-order valence-electron chi connectivity index (χ0n) is 6.28. The third-order valence-electron chi connectivity index (χ3n) is 1.80. The Morgan fingerprint density at radius 1 is 1.25 bits per heavy atom. The van der Waals surface area contributed by atoms with Gasteiger partial charge in [-0.2, -0.15) is 0 Å². The van der Waals surface area contributed by atoms with E-state index in [-0.39, 0.29) is 0 Å². The smallest absolute Gasteiger partial charge is 0.0420 e. The predicted molar refractivity (Wildman–Crippen MR) is 38.6 cm³/mol. The molecule has 1 unspecified atom stereocenters. The summed E-state index contributed by atoms with van der Waals surface area (Å²) in [5, 5.41) is 0. The molecule has 0 aliphatic rings. The van der Waals surface area contributed by atoms with Gasteiger partial charge < -0.3 is 0 Å². The molecule has 0 saturated carbocycles. The molecule has 8 heavy (non-hydrogen) atoms. The summed E-state index contributed by atoms with van der Waals surface area (Å²) in [4.78, 5) is 0. The molecule has 0 rings (SSSR count). The highest BCUT2D eigenvalue weighted by atomic mass is 14.1. The van der Waals surface area contributed by atoms with Gasteiger partial charge in [-0.25, -0.2) is 0 Å². The van der Waals surface area contributed by atoms with E-state index < -0.39 is 0 Å². The summed E-state index contributed by atoms with van der Waals surface area (Å²) < 4.78 is 0. The van der Waals surface area contributed by atoms with Crippen molar-refractivity contribution in [3.63, 3.8) is 0 Å². The molecule has 1 radical (unpaired) electrons. The molecule has 0 nitrogen and oxygen atoms in total. The van der Waals surface area contributed by atoms with E-state index in [1.807, 2.05) is 0 Å². The predicted octanol–water partition coefficient (Wildman–Crippen LogP) is 2.89. The fraction of sp³-hybridized carbons (Fsp3) is 0.875. The second kappa shape index (κ2) is 3.94. The van der Waals surface area contributed by atoms with Crippen LogP contribution in [0.1, 0.15) is 33.6 Å². The molecule has 0 heterocycles. The van der Waals surface area contributed by atoms with E-state index in [0.717, 1.165) is 18.3 Å². The van der Waals surface area contributed by atoms with Crippen LogP contribution in [0.4, 0.5) is 0 Å². The largest absolute Gasteiger partial charge is 0.0625 e. The van der Waals surface area contributed by atoms with Crippen molar-refractivity contribution < 1.29 is 0 Å². The van der Waals surface area contributed by atoms with Crippen LogP contribution in [-0.2, 0) is 0 Å². The van der Waals surface area contributed by atoms with Crippen molar-refractivity contribution in [1.29, 1.82) is 0 Å². The average molecular weight is 113 g/mol. The first-order valence-corrected chi connectivity index (χ1v) is 3.47. The lowest BCUT2D eigenvalue weighted by Gasteiger charge is -2.12. The van der Waals surface area contributed by atoms with Crippen LogP contribution in [-0.4, -0.2) is 0 Å². The first-order chi connectivity index (χ1) is 3.68. The Morgan fingerprint density at radius 2 is 1.75 bits per heavy atom. The maximum atomic E-state index is 3.81. The minimum atomic E-state index is 0.830. The number of hydrogen-bond donors (Lipinski definition) is 0. The van der Waals surface area contributed by atoms with E-state index in [9.17, 15) is 0 Å². The molecule has 0 amide bonds. The van der Waals surface area contributed by atoms with E-state index >= 15 is 0 Å². The van der Waals surface area contributed by atoms with Crippen LogP contribution < -0.4 is 0 Å². The van der Waals surface area contributed by atoms with Crippen LogP contribution in [0.15, 0.2) is 0 Å². The van der Waals surface area contributed by atoms with Gasteiger partial charge in [-0.05, 0) is 11.8 Å². The zero-order chi connectivity index (χ0) is 6.57. The Morgan fingerprint density at radius 3 is 1.88 bits per heavy atom. The summed E-state index contributed by atoms with van der Waals surface area (Å²) >= 11 is 0. The van der Waals surface area contributed by atoms with E-state index in [4.69, 9.17) is 0 Å². The van der Waals surface area contributed by atoms with Crippen molar-refractivity contribution in [2.75, 3.05) is 0 Å². The molecule has 0 bridgehead atoms. The molecule has 0 N–H and O–H groups in total. The van der Waals surface area contributed by atoms with Crippen LogP contribution in [0.5, 0.6) is 0 Å². The van der Waals surface area contributed by atoms with Crippen molar-refractivity contribution in [3.8, 4) is 0 Å². The van der Waals surface area contributed by atoms with Crippen molar-refractivity contribution in [2.45, 2.75) is 33.6 Å². The van der Waals surface area contributed by atoms with Crippen LogP contribution in [0.25, 0.3) is 0 Å². The Bertz CT molecular complexity index is 46.0. The van der Waals surface area contributed by atoms with Gasteiger partial charge in [-0.1, -0.05) is 40.5 Å². The van der Waals surface area contributed by atoms with E-state index in [1.165, 1.54) is 6.42 Å². The van der Waals surface area contributed by atoms with Gasteiger partial charge in [0.25, 0.3) is 0 Å². The molecule has 0 aromatic carbocycles. The maximum absolute atomic E-state index is 3.81. The minimum absolute atomic E-state index is 0.830. The Balaban J connectivity index is 3.17. The SMILES string of the molecule is [CH2]CCC(C)C(C)C. The van der Waals surface area contributed by atoms with Crippen LogP contribution in [0, 0.1) is 18.8 Å². The van der Waals surface area contributed by atoms with Gasteiger partial charge in [0.2, 0.25) is 0 Å². The van der Waals surface area contributed by atoms with Gasteiger partial charge in [0.1, 0.15) is 0 Å². The van der Waals surface area contributed by atoms with Crippen LogP contribution in [0.3, 0.4) is 0 Å². The molecule has 49 valence electrons. The highest BCUT2D eigenvalue weighted by Gasteiger charge is 2.03. The first-order valence-electron chi connectivity index (χ1n) is 3.47. The Kier molecular flexibility index (Phi) is 3.94. The molecule has 0 heteroatoms. The number of rotatable bonds is 3. The monoisotopic (exact) mass is 113 g/mol. The normalized spacial score (nSPS) is 14.6. The molecular formula is C8H17. The lowest BCUT2D eigenvalue weighted by atomic mass is 9.94. The van der Waals surface area contributed by atoms with Gasteiger partial charge in [0.05, 0.1) is 0 Å². The fourth-order valence-electron chi connectivity index (χ4n) is 0.655. The van der Waals surface area contributed by atoms with Gasteiger partial charge in [0.15, 0.2) is 0 Å². The minimum Gasteiger partial charge on any atom is -0.0625 e. The summed E-state index contributed by atoms with van der Waals surface area (Å²) in [7, 11) is 0. The van der Waals surface area contributed by atoms with E-state index in [1.54, 1.807) is 0 Å². The molecule has 0 spiro atoms. The third-order valence-corrected chi connectivity index (χ3v) is 1.80. The lowest BCUT2D eigenvalue weighted by molar-refractivity contribution is 0.395. The lowest BCUT2D eigenvalue weighted by Crippen LogP contribution is -2.02. The molecular weight excluding hydrogens is 96.1 g/mol. The fourth-order valence-corrected chi connectivity index (χ4v) is 0.655. The van der Waals surface area contributed by atoms with Crippen molar-refractivity contribution in [2.24, 2.45) is 11.8 Å². The van der Waals surface area contributed by atoms with Gasteiger partial charge in [0, 0.05) is 0 Å². The molecule has 0 aromatic rings.